The number of carbonyl (C=O) groups is 1. The van der Waals surface area contributed by atoms with E-state index in [4.69, 9.17) is 14.2 Å². The van der Waals surface area contributed by atoms with E-state index in [0.717, 1.165) is 35.4 Å². The van der Waals surface area contributed by atoms with Crippen molar-refractivity contribution in [2.45, 2.75) is 12.8 Å². The van der Waals surface area contributed by atoms with E-state index in [1.54, 1.807) is 38.4 Å². The summed E-state index contributed by atoms with van der Waals surface area (Å²) in [5.74, 6) is 1.96. The number of benzene rings is 2. The van der Waals surface area contributed by atoms with Gasteiger partial charge in [-0.3, -0.25) is 4.79 Å². The Hall–Kier alpha value is -2.95. The molecule has 0 aliphatic carbocycles. The number of hydrogen-bond acceptors (Lipinski definition) is 4. The third-order valence-electron chi connectivity index (χ3n) is 4.49. The Labute approximate surface area is 153 Å². The minimum absolute atomic E-state index is 0.0646. The number of aryl methyl sites for hydroxylation is 1. The second-order valence-electron chi connectivity index (χ2n) is 6.01. The van der Waals surface area contributed by atoms with Crippen LogP contribution >= 0.6 is 0 Å². The van der Waals surface area contributed by atoms with E-state index in [1.807, 2.05) is 30.3 Å². The van der Waals surface area contributed by atoms with Gasteiger partial charge in [0.15, 0.2) is 11.5 Å². The number of anilines is 1. The summed E-state index contributed by atoms with van der Waals surface area (Å²) >= 11 is 0. The molecule has 1 heterocycles. The van der Waals surface area contributed by atoms with Crippen molar-refractivity contribution in [2.75, 3.05) is 32.8 Å². The first kappa shape index (κ1) is 17.9. The third-order valence-corrected chi connectivity index (χ3v) is 4.49. The van der Waals surface area contributed by atoms with Crippen LogP contribution in [0.15, 0.2) is 42.5 Å². The van der Waals surface area contributed by atoms with Gasteiger partial charge in [-0.1, -0.05) is 18.2 Å². The zero-order valence-electron chi connectivity index (χ0n) is 15.3. The number of methoxy groups -OCH3 is 3. The first-order chi connectivity index (χ1) is 12.7. The monoisotopic (exact) mass is 353 g/mol. The predicted molar refractivity (Wildman–Crippen MR) is 102 cm³/mol. The van der Waals surface area contributed by atoms with Gasteiger partial charge in [-0.05, 0) is 48.2 Å². The van der Waals surface area contributed by atoms with E-state index < -0.39 is 0 Å². The van der Waals surface area contributed by atoms with Crippen molar-refractivity contribution in [3.63, 3.8) is 0 Å². The Morgan fingerprint density at radius 1 is 1.00 bits per heavy atom. The highest BCUT2D eigenvalue weighted by Gasteiger charge is 2.24. The molecule has 1 amide bonds. The Kier molecular flexibility index (Phi) is 5.46. The smallest absolute Gasteiger partial charge is 0.251 e. The Morgan fingerprint density at radius 3 is 2.50 bits per heavy atom. The highest BCUT2D eigenvalue weighted by Crippen LogP contribution is 2.36. The first-order valence-electron chi connectivity index (χ1n) is 8.55. The highest BCUT2D eigenvalue weighted by molar-refractivity contribution is 6.05. The average Bonchev–Trinajstić information content (AvgIpc) is 2.70. The van der Waals surface area contributed by atoms with Gasteiger partial charge in [-0.25, -0.2) is 0 Å². The van der Waals surface area contributed by atoms with Gasteiger partial charge in [-0.15, -0.1) is 0 Å². The lowest BCUT2D eigenvalue weighted by molar-refractivity contribution is -0.114. The van der Waals surface area contributed by atoms with E-state index in [9.17, 15) is 4.79 Å². The van der Waals surface area contributed by atoms with Gasteiger partial charge >= 0.3 is 0 Å². The summed E-state index contributed by atoms with van der Waals surface area (Å²) in [6.45, 7) is 0.683. The van der Waals surface area contributed by atoms with E-state index >= 15 is 0 Å². The van der Waals surface area contributed by atoms with Crippen LogP contribution < -0.4 is 19.1 Å². The molecule has 0 atom stereocenters. The maximum Gasteiger partial charge on any atom is 0.251 e. The molecule has 1 aliphatic rings. The van der Waals surface area contributed by atoms with Crippen molar-refractivity contribution in [1.29, 1.82) is 0 Å². The van der Waals surface area contributed by atoms with Crippen LogP contribution in [-0.2, 0) is 11.2 Å². The second kappa shape index (κ2) is 7.95. The molecule has 0 fully saturated rings. The maximum atomic E-state index is 12.8. The standard InChI is InChI=1S/C21H23NO4/c1-24-17-11-9-15(14-19(17)26-3)10-12-20(23)22-13-5-7-16-6-4-8-18(25-2)21(16)22/h4,6,8-12,14H,5,7,13H2,1-3H3/b12-10+. The van der Waals surface area contributed by atoms with Gasteiger partial charge in [0, 0.05) is 12.6 Å². The topological polar surface area (TPSA) is 48.0 Å². The molecule has 0 saturated carbocycles. The normalized spacial score (nSPS) is 13.4. The number of para-hydroxylation sites is 1. The van der Waals surface area contributed by atoms with Crippen molar-refractivity contribution in [1.82, 2.24) is 0 Å². The summed E-state index contributed by atoms with van der Waals surface area (Å²) in [6, 6.07) is 11.5. The minimum Gasteiger partial charge on any atom is -0.495 e. The molecule has 136 valence electrons. The van der Waals surface area contributed by atoms with Crippen molar-refractivity contribution >= 4 is 17.7 Å². The van der Waals surface area contributed by atoms with Crippen molar-refractivity contribution in [3.05, 3.63) is 53.6 Å². The van der Waals surface area contributed by atoms with Crippen LogP contribution in [0.4, 0.5) is 5.69 Å². The maximum absolute atomic E-state index is 12.8. The number of ether oxygens (including phenoxy) is 3. The van der Waals surface area contributed by atoms with Crippen LogP contribution in [0.2, 0.25) is 0 Å². The SMILES string of the molecule is COc1ccc(/C=C/C(=O)N2CCCc3cccc(OC)c32)cc1OC. The minimum atomic E-state index is -0.0646. The van der Waals surface area contributed by atoms with Gasteiger partial charge < -0.3 is 19.1 Å². The summed E-state index contributed by atoms with van der Waals surface area (Å²) in [4.78, 5) is 14.6. The quantitative estimate of drug-likeness (QED) is 0.769. The Bertz CT molecular complexity index is 815. The van der Waals surface area contributed by atoms with Crippen molar-refractivity contribution < 1.29 is 19.0 Å². The zero-order chi connectivity index (χ0) is 18.5. The highest BCUT2D eigenvalue weighted by atomic mass is 16.5. The molecule has 0 spiro atoms. The van der Waals surface area contributed by atoms with Crippen LogP contribution in [0.5, 0.6) is 17.2 Å². The lowest BCUT2D eigenvalue weighted by Crippen LogP contribution is -2.34. The molecule has 26 heavy (non-hydrogen) atoms. The van der Waals surface area contributed by atoms with E-state index in [0.29, 0.717) is 18.0 Å². The van der Waals surface area contributed by atoms with Crippen LogP contribution in [-0.4, -0.2) is 33.8 Å². The molecule has 1 aliphatic heterocycles. The molecule has 3 rings (SSSR count). The Morgan fingerprint density at radius 2 is 1.77 bits per heavy atom. The fourth-order valence-corrected chi connectivity index (χ4v) is 3.21. The fraction of sp³-hybridized carbons (Fsp3) is 0.286. The van der Waals surface area contributed by atoms with E-state index in [2.05, 4.69) is 6.07 Å². The number of fused-ring (bicyclic) bond motifs is 1. The number of carbonyl (C=O) groups excluding carboxylic acids is 1. The Balaban J connectivity index is 1.85. The lowest BCUT2D eigenvalue weighted by atomic mass is 10.0. The fourth-order valence-electron chi connectivity index (χ4n) is 3.21. The molecule has 0 saturated heterocycles. The number of rotatable bonds is 5. The molecule has 0 aromatic heterocycles. The second-order valence-corrected chi connectivity index (χ2v) is 6.01. The molecule has 5 nitrogen and oxygen atoms in total. The van der Waals surface area contributed by atoms with Gasteiger partial charge in [0.05, 0.1) is 27.0 Å². The number of hydrogen-bond donors (Lipinski definition) is 0. The molecule has 2 aromatic rings. The molecule has 5 heteroatoms. The third kappa shape index (κ3) is 3.52. The van der Waals surface area contributed by atoms with Gasteiger partial charge in [0.2, 0.25) is 0 Å². The van der Waals surface area contributed by atoms with Crippen molar-refractivity contribution in [3.8, 4) is 17.2 Å². The summed E-state index contributed by atoms with van der Waals surface area (Å²) in [7, 11) is 4.82. The van der Waals surface area contributed by atoms with Crippen LogP contribution in [0, 0.1) is 0 Å². The van der Waals surface area contributed by atoms with Crippen LogP contribution in [0.1, 0.15) is 17.5 Å². The average molecular weight is 353 g/mol. The van der Waals surface area contributed by atoms with Gasteiger partial charge in [0.1, 0.15) is 5.75 Å². The summed E-state index contributed by atoms with van der Waals surface area (Å²) in [5, 5.41) is 0. The first-order valence-corrected chi connectivity index (χ1v) is 8.55. The lowest BCUT2D eigenvalue weighted by Gasteiger charge is -2.30. The largest absolute Gasteiger partial charge is 0.495 e. The molecule has 0 unspecified atom stereocenters. The molecule has 0 bridgehead atoms. The van der Waals surface area contributed by atoms with Crippen LogP contribution in [0.25, 0.3) is 6.08 Å². The number of nitrogens with zero attached hydrogens (tertiary/aromatic N) is 1. The van der Waals surface area contributed by atoms with Crippen molar-refractivity contribution in [2.24, 2.45) is 0 Å². The number of amides is 1. The van der Waals surface area contributed by atoms with Gasteiger partial charge in [0.25, 0.3) is 5.91 Å². The molecule has 0 N–H and O–H groups in total. The summed E-state index contributed by atoms with van der Waals surface area (Å²) in [5.41, 5.74) is 2.89. The molecular formula is C21H23NO4. The molecule has 0 radical (unpaired) electrons. The van der Waals surface area contributed by atoms with Crippen LogP contribution in [0.3, 0.4) is 0 Å². The van der Waals surface area contributed by atoms with E-state index in [-0.39, 0.29) is 5.91 Å². The molecule has 2 aromatic carbocycles. The summed E-state index contributed by atoms with van der Waals surface area (Å²) in [6.07, 6.45) is 5.27. The van der Waals surface area contributed by atoms with E-state index in [1.165, 1.54) is 0 Å². The predicted octanol–water partition coefficient (Wildman–Crippen LogP) is 3.71. The van der Waals surface area contributed by atoms with Gasteiger partial charge in [-0.2, -0.15) is 0 Å². The summed E-state index contributed by atoms with van der Waals surface area (Å²) < 4.78 is 16.0. The zero-order valence-corrected chi connectivity index (χ0v) is 15.3. The molecular weight excluding hydrogens is 330 g/mol.